The minimum Gasteiger partial charge on any atom is -0.466 e. The van der Waals surface area contributed by atoms with Gasteiger partial charge in [-0.1, -0.05) is 17.7 Å². The fourth-order valence-electron chi connectivity index (χ4n) is 1.44. The molecule has 0 aliphatic carbocycles. The molecule has 1 aromatic carbocycles. The van der Waals surface area contributed by atoms with E-state index in [0.717, 1.165) is 0 Å². The second-order valence-electron chi connectivity index (χ2n) is 3.38. The predicted octanol–water partition coefficient (Wildman–Crippen LogP) is 2.92. The molecule has 102 valence electrons. The van der Waals surface area contributed by atoms with Gasteiger partial charge in [-0.25, -0.2) is 0 Å². The van der Waals surface area contributed by atoms with Crippen LogP contribution in [0, 0.1) is 11.3 Å². The van der Waals surface area contributed by atoms with E-state index < -0.39 is 18.3 Å². The van der Waals surface area contributed by atoms with E-state index in [0.29, 0.717) is 0 Å². The maximum atomic E-state index is 12.3. The van der Waals surface area contributed by atoms with Gasteiger partial charge in [0.1, 0.15) is 17.4 Å². The van der Waals surface area contributed by atoms with E-state index in [-0.39, 0.29) is 29.2 Å². The number of benzene rings is 1. The molecule has 0 spiro atoms. The lowest BCUT2D eigenvalue weighted by atomic mass is 10.1. The number of esters is 1. The fraction of sp³-hybridized carbons (Fsp3) is 0.333. The monoisotopic (exact) mass is 289 g/mol. The summed E-state index contributed by atoms with van der Waals surface area (Å²) in [5.74, 6) is -0.995. The minimum atomic E-state index is -3.12. The van der Waals surface area contributed by atoms with E-state index >= 15 is 0 Å². The maximum Gasteiger partial charge on any atom is 0.387 e. The first-order valence-electron chi connectivity index (χ1n) is 5.31. The van der Waals surface area contributed by atoms with Crippen LogP contribution in [-0.4, -0.2) is 19.2 Å². The second kappa shape index (κ2) is 6.90. The van der Waals surface area contributed by atoms with E-state index in [9.17, 15) is 13.6 Å². The standard InChI is InChI=1S/C12H10ClF2NO3/c1-2-18-10(17)5-7-3-4-9(13)8(6-16)11(7)19-12(14)15/h3-4,12H,2,5H2,1H3. The Labute approximate surface area is 113 Å². The molecular formula is C12H10ClF2NO3. The topological polar surface area (TPSA) is 59.3 Å². The number of nitrogens with zero attached hydrogens (tertiary/aromatic N) is 1. The Hall–Kier alpha value is -1.87. The van der Waals surface area contributed by atoms with E-state index in [2.05, 4.69) is 4.74 Å². The number of nitriles is 1. The van der Waals surface area contributed by atoms with Gasteiger partial charge in [0.2, 0.25) is 0 Å². The molecule has 0 radical (unpaired) electrons. The second-order valence-corrected chi connectivity index (χ2v) is 3.79. The lowest BCUT2D eigenvalue weighted by Crippen LogP contribution is -2.12. The number of halogens is 3. The number of rotatable bonds is 5. The lowest BCUT2D eigenvalue weighted by Gasteiger charge is -2.12. The van der Waals surface area contributed by atoms with Crippen molar-refractivity contribution in [1.29, 1.82) is 5.26 Å². The van der Waals surface area contributed by atoms with E-state index in [1.807, 2.05) is 0 Å². The quantitative estimate of drug-likeness (QED) is 0.782. The number of alkyl halides is 2. The first kappa shape index (κ1) is 15.2. The van der Waals surface area contributed by atoms with E-state index in [1.54, 1.807) is 13.0 Å². The van der Waals surface area contributed by atoms with Crippen LogP contribution in [0.4, 0.5) is 8.78 Å². The van der Waals surface area contributed by atoms with Crippen LogP contribution in [0.15, 0.2) is 12.1 Å². The lowest BCUT2D eigenvalue weighted by molar-refractivity contribution is -0.142. The van der Waals surface area contributed by atoms with Gasteiger partial charge in [-0.2, -0.15) is 14.0 Å². The third-order valence-electron chi connectivity index (χ3n) is 2.15. The zero-order chi connectivity index (χ0) is 14.4. The van der Waals surface area contributed by atoms with Gasteiger partial charge >= 0.3 is 12.6 Å². The molecule has 0 fully saturated rings. The summed E-state index contributed by atoms with van der Waals surface area (Å²) < 4.78 is 33.7. The Kier molecular flexibility index (Phi) is 5.52. The number of carbonyl (C=O) groups is 1. The highest BCUT2D eigenvalue weighted by Gasteiger charge is 2.19. The molecule has 0 aliphatic rings. The number of carbonyl (C=O) groups excluding carboxylic acids is 1. The molecule has 0 unspecified atom stereocenters. The van der Waals surface area contributed by atoms with Gasteiger partial charge in [0, 0.05) is 5.56 Å². The Balaban J connectivity index is 3.16. The Morgan fingerprint density at radius 3 is 2.74 bits per heavy atom. The molecule has 0 bridgehead atoms. The highest BCUT2D eigenvalue weighted by Crippen LogP contribution is 2.31. The van der Waals surface area contributed by atoms with Crippen molar-refractivity contribution in [2.45, 2.75) is 20.0 Å². The Bertz CT molecular complexity index is 514. The van der Waals surface area contributed by atoms with Crippen LogP contribution in [-0.2, 0) is 16.0 Å². The number of hydrogen-bond donors (Lipinski definition) is 0. The average Bonchev–Trinajstić information content (AvgIpc) is 2.33. The first-order valence-corrected chi connectivity index (χ1v) is 5.69. The van der Waals surface area contributed by atoms with Crippen LogP contribution in [0.2, 0.25) is 5.02 Å². The summed E-state index contributed by atoms with van der Waals surface area (Å²) in [6.45, 7) is -1.33. The predicted molar refractivity (Wildman–Crippen MR) is 63.1 cm³/mol. The van der Waals surface area contributed by atoms with Crippen LogP contribution in [0.5, 0.6) is 5.75 Å². The van der Waals surface area contributed by atoms with Crippen LogP contribution in [0.1, 0.15) is 18.1 Å². The minimum absolute atomic E-state index is 0.0224. The molecule has 0 atom stereocenters. The highest BCUT2D eigenvalue weighted by molar-refractivity contribution is 6.32. The van der Waals surface area contributed by atoms with Crippen molar-refractivity contribution in [3.8, 4) is 11.8 Å². The largest absolute Gasteiger partial charge is 0.466 e. The van der Waals surface area contributed by atoms with Crippen molar-refractivity contribution in [2.75, 3.05) is 6.61 Å². The molecule has 1 aromatic rings. The molecule has 0 saturated heterocycles. The van der Waals surface area contributed by atoms with Gasteiger partial charge < -0.3 is 9.47 Å². The summed E-state index contributed by atoms with van der Waals surface area (Å²) >= 11 is 5.72. The zero-order valence-electron chi connectivity index (χ0n) is 9.95. The third-order valence-corrected chi connectivity index (χ3v) is 2.46. The Morgan fingerprint density at radius 2 is 2.21 bits per heavy atom. The van der Waals surface area contributed by atoms with Gasteiger partial charge in [0.05, 0.1) is 18.1 Å². The van der Waals surface area contributed by atoms with Crippen molar-refractivity contribution < 1.29 is 23.0 Å². The SMILES string of the molecule is CCOC(=O)Cc1ccc(Cl)c(C#N)c1OC(F)F. The van der Waals surface area contributed by atoms with E-state index in [4.69, 9.17) is 21.6 Å². The van der Waals surface area contributed by atoms with Gasteiger partial charge in [-0.3, -0.25) is 4.79 Å². The molecule has 0 amide bonds. The summed E-state index contributed by atoms with van der Waals surface area (Å²) in [5, 5.41) is 8.88. The summed E-state index contributed by atoms with van der Waals surface area (Å²) in [6.07, 6.45) is -0.276. The van der Waals surface area contributed by atoms with E-state index in [1.165, 1.54) is 12.1 Å². The molecule has 7 heteroatoms. The summed E-state index contributed by atoms with van der Waals surface area (Å²) in [7, 11) is 0. The molecule has 0 aliphatic heterocycles. The number of hydrogen-bond acceptors (Lipinski definition) is 4. The van der Waals surface area contributed by atoms with Crippen molar-refractivity contribution >= 4 is 17.6 Å². The molecule has 1 rings (SSSR count). The van der Waals surface area contributed by atoms with Crippen molar-refractivity contribution in [2.24, 2.45) is 0 Å². The van der Waals surface area contributed by atoms with Crippen LogP contribution < -0.4 is 4.74 Å². The Morgan fingerprint density at radius 1 is 1.53 bits per heavy atom. The fourth-order valence-corrected chi connectivity index (χ4v) is 1.63. The molecule has 0 heterocycles. The summed E-state index contributed by atoms with van der Waals surface area (Å²) in [4.78, 5) is 11.4. The maximum absolute atomic E-state index is 12.3. The van der Waals surface area contributed by atoms with Crippen LogP contribution in [0.25, 0.3) is 0 Å². The third kappa shape index (κ3) is 4.07. The highest BCUT2D eigenvalue weighted by atomic mass is 35.5. The number of ether oxygens (including phenoxy) is 2. The van der Waals surface area contributed by atoms with Crippen molar-refractivity contribution in [3.63, 3.8) is 0 Å². The normalized spacial score (nSPS) is 10.1. The van der Waals surface area contributed by atoms with Gasteiger partial charge in [-0.15, -0.1) is 0 Å². The van der Waals surface area contributed by atoms with Crippen LogP contribution in [0.3, 0.4) is 0 Å². The van der Waals surface area contributed by atoms with Gasteiger partial charge in [0.25, 0.3) is 0 Å². The van der Waals surface area contributed by atoms with Gasteiger partial charge in [-0.05, 0) is 13.0 Å². The smallest absolute Gasteiger partial charge is 0.387 e. The molecular weight excluding hydrogens is 280 g/mol. The summed E-state index contributed by atoms with van der Waals surface area (Å²) in [5.41, 5.74) is -0.108. The van der Waals surface area contributed by atoms with Crippen LogP contribution >= 0.6 is 11.6 Å². The first-order chi connectivity index (χ1) is 8.99. The molecule has 4 nitrogen and oxygen atoms in total. The van der Waals surface area contributed by atoms with Crippen molar-refractivity contribution in [3.05, 3.63) is 28.3 Å². The molecule has 19 heavy (non-hydrogen) atoms. The molecule has 0 saturated carbocycles. The van der Waals surface area contributed by atoms with Crippen molar-refractivity contribution in [1.82, 2.24) is 0 Å². The van der Waals surface area contributed by atoms with Gasteiger partial charge in [0.15, 0.2) is 0 Å². The zero-order valence-corrected chi connectivity index (χ0v) is 10.7. The molecule has 0 aromatic heterocycles. The summed E-state index contributed by atoms with van der Waals surface area (Å²) in [6, 6.07) is 4.36. The average molecular weight is 290 g/mol. The molecule has 0 N–H and O–H groups in total.